The summed E-state index contributed by atoms with van der Waals surface area (Å²) in [5.41, 5.74) is 2.06. The molecule has 4 bridgehead atoms. The lowest BCUT2D eigenvalue weighted by Crippen LogP contribution is -2.61. The van der Waals surface area contributed by atoms with Gasteiger partial charge < -0.3 is 30.7 Å². The fourth-order valence-electron chi connectivity index (χ4n) is 7.90. The van der Waals surface area contributed by atoms with Gasteiger partial charge in [-0.1, -0.05) is 24.3 Å². The fraction of sp³-hybridized carbons (Fsp3) is 0.571. The van der Waals surface area contributed by atoms with Gasteiger partial charge in [0.1, 0.15) is 11.5 Å². The van der Waals surface area contributed by atoms with Gasteiger partial charge in [-0.05, 0) is 104 Å². The van der Waals surface area contributed by atoms with Gasteiger partial charge in [0.15, 0.2) is 5.11 Å². The van der Waals surface area contributed by atoms with E-state index in [-0.39, 0.29) is 17.4 Å². The van der Waals surface area contributed by atoms with Gasteiger partial charge in [-0.3, -0.25) is 14.5 Å². The number of thiocarbonyl (C=S) groups is 1. The molecule has 0 saturated heterocycles. The van der Waals surface area contributed by atoms with E-state index < -0.39 is 0 Å². The van der Waals surface area contributed by atoms with Crippen molar-refractivity contribution in [2.75, 3.05) is 53.5 Å². The molecule has 4 N–H and O–H groups in total. The third-order valence-electron chi connectivity index (χ3n) is 9.68. The summed E-state index contributed by atoms with van der Waals surface area (Å²) < 4.78 is 10.4. The first-order valence-corrected chi connectivity index (χ1v) is 16.8. The molecule has 9 nitrogen and oxygen atoms in total. The molecule has 10 heteroatoms. The molecule has 4 fully saturated rings. The van der Waals surface area contributed by atoms with Crippen molar-refractivity contribution in [2.45, 2.75) is 56.9 Å². The number of benzene rings is 2. The minimum absolute atomic E-state index is 0.0213. The molecule has 0 heterocycles. The van der Waals surface area contributed by atoms with Gasteiger partial charge in [-0.2, -0.15) is 0 Å². The molecule has 0 aliphatic heterocycles. The lowest BCUT2D eigenvalue weighted by atomic mass is 9.53. The summed E-state index contributed by atoms with van der Waals surface area (Å²) >= 11 is 5.77. The monoisotopic (exact) mass is 635 g/mol. The van der Waals surface area contributed by atoms with Gasteiger partial charge in [0.25, 0.3) is 0 Å². The van der Waals surface area contributed by atoms with E-state index in [9.17, 15) is 9.59 Å². The van der Waals surface area contributed by atoms with Crippen molar-refractivity contribution in [1.82, 2.24) is 26.2 Å². The maximum atomic E-state index is 12.6. The quantitative estimate of drug-likeness (QED) is 0.208. The van der Waals surface area contributed by atoms with Gasteiger partial charge in [0.2, 0.25) is 11.8 Å². The summed E-state index contributed by atoms with van der Waals surface area (Å²) in [6.45, 7) is 3.80. The van der Waals surface area contributed by atoms with Crippen molar-refractivity contribution in [3.63, 3.8) is 0 Å². The molecule has 0 radical (unpaired) electrons. The Morgan fingerprint density at radius 3 is 1.51 bits per heavy atom. The predicted octanol–water partition coefficient (Wildman–Crippen LogP) is 3.46. The summed E-state index contributed by atoms with van der Waals surface area (Å²) in [4.78, 5) is 27.5. The highest BCUT2D eigenvalue weighted by Crippen LogP contribution is 2.55. The summed E-state index contributed by atoms with van der Waals surface area (Å²) in [6.07, 6.45) is 8.60. The molecular formula is C35H49N5O4S. The number of carbonyl (C=O) groups excluding carboxylic acids is 2. The molecule has 6 rings (SSSR count). The van der Waals surface area contributed by atoms with Crippen LogP contribution >= 0.6 is 12.2 Å². The highest BCUT2D eigenvalue weighted by atomic mass is 32.1. The van der Waals surface area contributed by atoms with E-state index in [4.69, 9.17) is 21.7 Å². The van der Waals surface area contributed by atoms with Gasteiger partial charge in [0.05, 0.1) is 27.1 Å². The zero-order valence-corrected chi connectivity index (χ0v) is 27.6. The number of carbonyl (C=O) groups is 2. The van der Waals surface area contributed by atoms with E-state index in [0.29, 0.717) is 45.6 Å². The average Bonchev–Trinajstić information content (AvgIpc) is 3.00. The Morgan fingerprint density at radius 1 is 0.711 bits per heavy atom. The molecule has 4 aliphatic rings. The zero-order valence-electron chi connectivity index (χ0n) is 26.7. The van der Waals surface area contributed by atoms with Gasteiger partial charge in [-0.15, -0.1) is 0 Å². The number of nitrogens with one attached hydrogen (secondary N) is 4. The van der Waals surface area contributed by atoms with E-state index in [1.54, 1.807) is 14.2 Å². The Kier molecular flexibility index (Phi) is 11.6. The van der Waals surface area contributed by atoms with Crippen molar-refractivity contribution < 1.29 is 19.1 Å². The second kappa shape index (κ2) is 15.8. The van der Waals surface area contributed by atoms with Crippen LogP contribution in [0, 0.1) is 17.8 Å². The summed E-state index contributed by atoms with van der Waals surface area (Å²) in [5, 5.41) is 14.0. The minimum atomic E-state index is -0.0213. The smallest absolute Gasteiger partial charge is 0.224 e. The number of amides is 2. The molecule has 0 aromatic heterocycles. The second-order valence-corrected chi connectivity index (χ2v) is 13.6. The molecule has 0 spiro atoms. The number of hydrogen-bond acceptors (Lipinski definition) is 6. The van der Waals surface area contributed by atoms with Crippen molar-refractivity contribution in [1.29, 1.82) is 0 Å². The molecule has 2 aromatic rings. The fourth-order valence-corrected chi connectivity index (χ4v) is 8.22. The van der Waals surface area contributed by atoms with Crippen LogP contribution in [0.25, 0.3) is 0 Å². The first-order chi connectivity index (χ1) is 21.8. The lowest BCUT2D eigenvalue weighted by Gasteiger charge is -2.57. The van der Waals surface area contributed by atoms with E-state index >= 15 is 0 Å². The number of rotatable bonds is 16. The van der Waals surface area contributed by atoms with E-state index in [1.807, 2.05) is 48.5 Å². The predicted molar refractivity (Wildman–Crippen MR) is 180 cm³/mol. The van der Waals surface area contributed by atoms with Crippen LogP contribution in [0.3, 0.4) is 0 Å². The zero-order chi connectivity index (χ0) is 31.6. The Balaban J connectivity index is 1.07. The maximum Gasteiger partial charge on any atom is 0.224 e. The topological polar surface area (TPSA) is 104 Å². The molecule has 2 amide bonds. The molecule has 4 aliphatic carbocycles. The van der Waals surface area contributed by atoms with Crippen molar-refractivity contribution in [3.8, 4) is 11.5 Å². The van der Waals surface area contributed by atoms with Crippen molar-refractivity contribution in [3.05, 3.63) is 59.7 Å². The van der Waals surface area contributed by atoms with Crippen LogP contribution in [0.2, 0.25) is 0 Å². The van der Waals surface area contributed by atoms with Crippen LogP contribution in [0.5, 0.6) is 11.5 Å². The third kappa shape index (κ3) is 9.81. The Hall–Kier alpha value is -3.37. The van der Waals surface area contributed by atoms with Crippen LogP contribution in [0.1, 0.15) is 49.7 Å². The van der Waals surface area contributed by atoms with Crippen molar-refractivity contribution >= 4 is 29.1 Å². The van der Waals surface area contributed by atoms with Gasteiger partial charge in [-0.25, -0.2) is 0 Å². The van der Waals surface area contributed by atoms with Crippen LogP contribution < -0.4 is 30.7 Å². The van der Waals surface area contributed by atoms with E-state index in [0.717, 1.165) is 52.0 Å². The number of hydrogen-bond donors (Lipinski definition) is 4. The molecule has 2 aromatic carbocycles. The van der Waals surface area contributed by atoms with Crippen molar-refractivity contribution in [2.24, 2.45) is 17.8 Å². The molecule has 45 heavy (non-hydrogen) atoms. The van der Waals surface area contributed by atoms with Gasteiger partial charge in [0, 0.05) is 44.8 Å². The highest BCUT2D eigenvalue weighted by molar-refractivity contribution is 7.80. The molecule has 244 valence electrons. The van der Waals surface area contributed by atoms with E-state index in [2.05, 4.69) is 26.2 Å². The number of methoxy groups -OCH3 is 2. The largest absolute Gasteiger partial charge is 0.497 e. The molecule has 0 atom stereocenters. The normalized spacial score (nSPS) is 23.0. The SMILES string of the molecule is COc1ccc(CC(=O)NCCN(CCNC(=O)Cc2ccc(OC)cc2)CCNC(=S)NC23CC4CC(CC(C4)C2)C3)cc1. The Bertz CT molecular complexity index is 1180. The highest BCUT2D eigenvalue weighted by Gasteiger charge is 2.51. The second-order valence-electron chi connectivity index (χ2n) is 13.2. The standard InChI is InChI=1S/C35H49N5O4S/c1-43-30-7-3-25(4-8-30)20-32(41)36-11-14-40(15-12-37-33(42)21-26-5-9-31(44-2)10-6-26)16-13-38-34(45)39-35-22-27-17-28(23-35)19-29(18-27)24-35/h3-10,27-29H,11-24H2,1-2H3,(H,36,41)(H,37,42)(H2,38,39,45). The van der Waals surface area contributed by atoms with E-state index in [1.165, 1.54) is 38.5 Å². The number of ether oxygens (including phenoxy) is 2. The summed E-state index contributed by atoms with van der Waals surface area (Å²) in [5.74, 6) is 4.09. The van der Waals surface area contributed by atoms with Crippen LogP contribution in [-0.4, -0.2) is 80.9 Å². The Morgan fingerprint density at radius 2 is 1.11 bits per heavy atom. The van der Waals surface area contributed by atoms with Crippen LogP contribution in [-0.2, 0) is 22.4 Å². The first-order valence-electron chi connectivity index (χ1n) is 16.4. The number of nitrogens with zero attached hydrogens (tertiary/aromatic N) is 1. The molecule has 0 unspecified atom stereocenters. The third-order valence-corrected chi connectivity index (χ3v) is 9.92. The average molecular weight is 636 g/mol. The Labute approximate surface area is 273 Å². The summed E-state index contributed by atoms with van der Waals surface area (Å²) in [7, 11) is 3.26. The van der Waals surface area contributed by atoms with Crippen LogP contribution in [0.15, 0.2) is 48.5 Å². The molecule has 4 saturated carbocycles. The van der Waals surface area contributed by atoms with Crippen LogP contribution in [0.4, 0.5) is 0 Å². The minimum Gasteiger partial charge on any atom is -0.497 e. The van der Waals surface area contributed by atoms with Gasteiger partial charge >= 0.3 is 0 Å². The molecular weight excluding hydrogens is 586 g/mol. The first kappa shape index (κ1) is 33.0. The summed E-state index contributed by atoms with van der Waals surface area (Å²) in [6, 6.07) is 15.1. The maximum absolute atomic E-state index is 12.6. The lowest BCUT2D eigenvalue weighted by molar-refractivity contribution is -0.121.